The molecular weight excluding hydrogens is 224 g/mol. The number of nitriles is 1. The van der Waals surface area contributed by atoms with Gasteiger partial charge in [-0.25, -0.2) is 4.79 Å². The van der Waals surface area contributed by atoms with Crippen LogP contribution in [-0.4, -0.2) is 18.7 Å². The Morgan fingerprint density at radius 3 is 2.62 bits per heavy atom. The molecule has 0 atom stereocenters. The summed E-state index contributed by atoms with van der Waals surface area (Å²) in [6, 6.07) is 3.68. The SMILES string of the molecule is CN(C(=O)OC(C)(C)C)c1cc(C#N)cs1. The Kier molecular flexibility index (Phi) is 3.55. The van der Waals surface area contributed by atoms with Crippen LogP contribution in [0.25, 0.3) is 0 Å². The molecular formula is C11H14N2O2S. The lowest BCUT2D eigenvalue weighted by Crippen LogP contribution is -2.33. The number of hydrogen-bond donors (Lipinski definition) is 0. The van der Waals surface area contributed by atoms with Crippen molar-refractivity contribution in [2.24, 2.45) is 0 Å². The van der Waals surface area contributed by atoms with Gasteiger partial charge in [-0.1, -0.05) is 0 Å². The van der Waals surface area contributed by atoms with Crippen molar-refractivity contribution in [1.29, 1.82) is 5.26 Å². The van der Waals surface area contributed by atoms with Gasteiger partial charge >= 0.3 is 6.09 Å². The molecule has 1 rings (SSSR count). The minimum absolute atomic E-state index is 0.418. The fourth-order valence-electron chi connectivity index (χ4n) is 0.980. The highest BCUT2D eigenvalue weighted by molar-refractivity contribution is 7.14. The maximum Gasteiger partial charge on any atom is 0.415 e. The van der Waals surface area contributed by atoms with Gasteiger partial charge in [0.15, 0.2) is 0 Å². The summed E-state index contributed by atoms with van der Waals surface area (Å²) in [6.07, 6.45) is -0.418. The quantitative estimate of drug-likeness (QED) is 0.755. The molecule has 0 N–H and O–H groups in total. The topological polar surface area (TPSA) is 53.3 Å². The predicted octanol–water partition coefficient (Wildman–Crippen LogP) is 2.99. The van der Waals surface area contributed by atoms with Gasteiger partial charge in [-0.05, 0) is 26.8 Å². The van der Waals surface area contributed by atoms with Crippen LogP contribution in [0.2, 0.25) is 0 Å². The highest BCUT2D eigenvalue weighted by atomic mass is 32.1. The zero-order valence-electron chi connectivity index (χ0n) is 9.77. The highest BCUT2D eigenvalue weighted by Gasteiger charge is 2.21. The van der Waals surface area contributed by atoms with Gasteiger partial charge in [-0.2, -0.15) is 5.26 Å². The van der Waals surface area contributed by atoms with Crippen molar-refractivity contribution in [2.45, 2.75) is 26.4 Å². The number of ether oxygens (including phenoxy) is 1. The van der Waals surface area contributed by atoms with Gasteiger partial charge in [0.05, 0.1) is 5.56 Å². The van der Waals surface area contributed by atoms with Gasteiger partial charge in [0.1, 0.15) is 16.7 Å². The summed E-state index contributed by atoms with van der Waals surface area (Å²) in [5, 5.41) is 11.1. The minimum Gasteiger partial charge on any atom is -0.443 e. The first-order chi connectivity index (χ1) is 7.33. The minimum atomic E-state index is -0.513. The fourth-order valence-corrected chi connectivity index (χ4v) is 1.78. The smallest absolute Gasteiger partial charge is 0.415 e. The van der Waals surface area contributed by atoms with E-state index in [0.717, 1.165) is 0 Å². The van der Waals surface area contributed by atoms with Crippen molar-refractivity contribution in [3.63, 3.8) is 0 Å². The number of carbonyl (C=O) groups excluding carboxylic acids is 1. The van der Waals surface area contributed by atoms with Gasteiger partial charge in [0.2, 0.25) is 0 Å². The van der Waals surface area contributed by atoms with E-state index in [1.165, 1.54) is 16.2 Å². The molecule has 0 aromatic carbocycles. The summed E-state index contributed by atoms with van der Waals surface area (Å²) in [6.45, 7) is 5.44. The first-order valence-electron chi connectivity index (χ1n) is 4.79. The Bertz CT molecular complexity index is 426. The zero-order chi connectivity index (χ0) is 12.3. The van der Waals surface area contributed by atoms with Crippen LogP contribution in [0.15, 0.2) is 11.4 Å². The van der Waals surface area contributed by atoms with Gasteiger partial charge in [0, 0.05) is 12.4 Å². The number of thiophene rings is 1. The first-order valence-corrected chi connectivity index (χ1v) is 5.67. The third kappa shape index (κ3) is 3.24. The molecule has 0 aliphatic rings. The molecule has 1 heterocycles. The molecule has 0 aliphatic heterocycles. The lowest BCUT2D eigenvalue weighted by atomic mass is 10.2. The van der Waals surface area contributed by atoms with Crippen LogP contribution in [0, 0.1) is 11.3 Å². The summed E-state index contributed by atoms with van der Waals surface area (Å²) in [5.41, 5.74) is 0.0381. The van der Waals surface area contributed by atoms with Crippen molar-refractivity contribution in [3.05, 3.63) is 17.0 Å². The standard InChI is InChI=1S/C11H14N2O2S/c1-11(2,3)15-10(14)13(4)9-5-8(6-12)7-16-9/h5,7H,1-4H3. The molecule has 0 aliphatic carbocycles. The summed E-state index contributed by atoms with van der Waals surface area (Å²) in [5.74, 6) is 0. The van der Waals surface area contributed by atoms with Crippen LogP contribution in [0.5, 0.6) is 0 Å². The molecule has 0 saturated carbocycles. The second-order valence-corrected chi connectivity index (χ2v) is 5.21. The second-order valence-electron chi connectivity index (χ2n) is 4.32. The molecule has 1 aromatic heterocycles. The Labute approximate surface area is 99.1 Å². The number of nitrogens with zero attached hydrogens (tertiary/aromatic N) is 2. The molecule has 1 aromatic rings. The molecule has 4 nitrogen and oxygen atoms in total. The van der Waals surface area contributed by atoms with Crippen LogP contribution in [0.3, 0.4) is 0 Å². The maximum atomic E-state index is 11.7. The number of anilines is 1. The van der Waals surface area contributed by atoms with Crippen LogP contribution >= 0.6 is 11.3 Å². The van der Waals surface area contributed by atoms with E-state index in [2.05, 4.69) is 0 Å². The van der Waals surface area contributed by atoms with Crippen molar-refractivity contribution in [1.82, 2.24) is 0 Å². The van der Waals surface area contributed by atoms with Crippen molar-refractivity contribution in [3.8, 4) is 6.07 Å². The molecule has 16 heavy (non-hydrogen) atoms. The Balaban J connectivity index is 2.75. The Morgan fingerprint density at radius 2 is 2.19 bits per heavy atom. The first kappa shape index (κ1) is 12.5. The van der Waals surface area contributed by atoms with E-state index in [0.29, 0.717) is 10.6 Å². The summed E-state index contributed by atoms with van der Waals surface area (Å²) < 4.78 is 5.21. The Hall–Kier alpha value is -1.54. The number of carbonyl (C=O) groups is 1. The fraction of sp³-hybridized carbons (Fsp3) is 0.455. The average molecular weight is 238 g/mol. The van der Waals surface area contributed by atoms with Crippen molar-refractivity contribution < 1.29 is 9.53 Å². The molecule has 0 bridgehead atoms. The van der Waals surface area contributed by atoms with Crippen LogP contribution < -0.4 is 4.90 Å². The van der Waals surface area contributed by atoms with Gasteiger partial charge < -0.3 is 4.74 Å². The van der Waals surface area contributed by atoms with Crippen LogP contribution in [0.1, 0.15) is 26.3 Å². The lowest BCUT2D eigenvalue weighted by Gasteiger charge is -2.23. The molecule has 0 radical (unpaired) electrons. The molecule has 5 heteroatoms. The van der Waals surface area contributed by atoms with E-state index < -0.39 is 11.7 Å². The molecule has 86 valence electrons. The molecule has 1 amide bonds. The largest absolute Gasteiger partial charge is 0.443 e. The van der Waals surface area contributed by atoms with E-state index in [1.807, 2.05) is 26.8 Å². The van der Waals surface area contributed by atoms with E-state index in [1.54, 1.807) is 18.5 Å². The normalized spacial score (nSPS) is 10.7. The van der Waals surface area contributed by atoms with Crippen LogP contribution in [-0.2, 0) is 4.74 Å². The van der Waals surface area contributed by atoms with Gasteiger partial charge in [-0.15, -0.1) is 11.3 Å². The van der Waals surface area contributed by atoms with Gasteiger partial charge in [0.25, 0.3) is 0 Å². The third-order valence-electron chi connectivity index (χ3n) is 1.71. The third-order valence-corrected chi connectivity index (χ3v) is 2.72. The predicted molar refractivity (Wildman–Crippen MR) is 63.7 cm³/mol. The zero-order valence-corrected chi connectivity index (χ0v) is 10.6. The Morgan fingerprint density at radius 1 is 1.56 bits per heavy atom. The summed E-state index contributed by atoms with van der Waals surface area (Å²) in [4.78, 5) is 13.1. The maximum absolute atomic E-state index is 11.7. The van der Waals surface area contributed by atoms with E-state index in [4.69, 9.17) is 10.00 Å². The van der Waals surface area contributed by atoms with E-state index in [-0.39, 0.29) is 0 Å². The lowest BCUT2D eigenvalue weighted by molar-refractivity contribution is 0.0590. The van der Waals surface area contributed by atoms with Crippen molar-refractivity contribution in [2.75, 3.05) is 11.9 Å². The molecule has 0 spiro atoms. The summed E-state index contributed by atoms with van der Waals surface area (Å²) in [7, 11) is 1.63. The number of hydrogen-bond acceptors (Lipinski definition) is 4. The van der Waals surface area contributed by atoms with Gasteiger partial charge in [-0.3, -0.25) is 4.90 Å². The second kappa shape index (κ2) is 4.54. The molecule has 0 saturated heterocycles. The highest BCUT2D eigenvalue weighted by Crippen LogP contribution is 2.24. The van der Waals surface area contributed by atoms with E-state index in [9.17, 15) is 4.79 Å². The number of amides is 1. The number of rotatable bonds is 1. The monoisotopic (exact) mass is 238 g/mol. The summed E-state index contributed by atoms with van der Waals surface area (Å²) >= 11 is 1.34. The average Bonchev–Trinajstić information content (AvgIpc) is 2.61. The van der Waals surface area contributed by atoms with Crippen LogP contribution in [0.4, 0.5) is 9.80 Å². The van der Waals surface area contributed by atoms with Crippen molar-refractivity contribution >= 4 is 22.4 Å². The molecule has 0 unspecified atom stereocenters. The molecule has 0 fully saturated rings. The van der Waals surface area contributed by atoms with E-state index >= 15 is 0 Å².